The van der Waals surface area contributed by atoms with Crippen molar-refractivity contribution in [2.45, 2.75) is 13.8 Å². The van der Waals surface area contributed by atoms with Crippen LogP contribution in [0.5, 0.6) is 0 Å². The van der Waals surface area contributed by atoms with Gasteiger partial charge in [0, 0.05) is 11.8 Å². The van der Waals surface area contributed by atoms with Gasteiger partial charge in [0.1, 0.15) is 11.6 Å². The molecule has 0 aliphatic carbocycles. The molecule has 0 aromatic carbocycles. The molecule has 0 unspecified atom stereocenters. The summed E-state index contributed by atoms with van der Waals surface area (Å²) in [5, 5.41) is 0. The first kappa shape index (κ1) is 8.92. The van der Waals surface area contributed by atoms with Crippen molar-refractivity contribution in [2.24, 2.45) is 0 Å². The van der Waals surface area contributed by atoms with Crippen LogP contribution in [0.25, 0.3) is 0 Å². The van der Waals surface area contributed by atoms with Crippen molar-refractivity contribution in [1.29, 1.82) is 0 Å². The average molecular weight is 187 g/mol. The topological polar surface area (TPSA) is 72.0 Å². The van der Waals surface area contributed by atoms with E-state index < -0.39 is 10.9 Å². The van der Waals surface area contributed by atoms with Crippen molar-refractivity contribution in [3.05, 3.63) is 17.6 Å². The lowest BCUT2D eigenvalue weighted by molar-refractivity contribution is 0.619. The largest absolute Gasteiger partial charge is 0.269 e. The number of rotatable bonds is 2. The minimum Gasteiger partial charge on any atom is -0.269 e. The smallest absolute Gasteiger partial charge is 0.223 e. The maximum atomic E-state index is 10.3. The summed E-state index contributed by atoms with van der Waals surface area (Å²) in [5.74, 6) is 0.866. The normalized spacial score (nSPS) is 10.2. The van der Waals surface area contributed by atoms with Gasteiger partial charge in [0.2, 0.25) is 10.9 Å². The van der Waals surface area contributed by atoms with E-state index in [1.165, 1.54) is 0 Å². The second-order valence-electron chi connectivity index (χ2n) is 2.31. The molecule has 0 amide bonds. The first-order valence-electron chi connectivity index (χ1n) is 3.31. The zero-order valence-electron chi connectivity index (χ0n) is 6.74. The number of aromatic nitrogens is 2. The second-order valence-corrected chi connectivity index (χ2v) is 3.05. The summed E-state index contributed by atoms with van der Waals surface area (Å²) in [6.45, 7) is 3.48. The Bertz CT molecular complexity index is 334. The Hall–Kier alpha value is -1.17. The Morgan fingerprint density at radius 3 is 2.50 bits per heavy atom. The van der Waals surface area contributed by atoms with Crippen molar-refractivity contribution in [1.82, 2.24) is 9.97 Å². The lowest BCUT2D eigenvalue weighted by Gasteiger charge is -1.99. The maximum absolute atomic E-state index is 10.3. The van der Waals surface area contributed by atoms with Gasteiger partial charge in [0.15, 0.2) is 0 Å². The van der Waals surface area contributed by atoms with Crippen LogP contribution in [0.4, 0.5) is 5.82 Å². The van der Waals surface area contributed by atoms with E-state index in [9.17, 15) is 8.42 Å². The number of hydrogen-bond acceptors (Lipinski definition) is 4. The molecule has 0 saturated carbocycles. The molecule has 12 heavy (non-hydrogen) atoms. The SMILES string of the molecule is Cc1cc(N[SH](=O)=O)nc(C)n1. The predicted molar refractivity (Wildman–Crippen MR) is 45.4 cm³/mol. The van der Waals surface area contributed by atoms with Gasteiger partial charge in [-0.1, -0.05) is 0 Å². The molecule has 1 N–H and O–H groups in total. The number of nitrogens with zero attached hydrogens (tertiary/aromatic N) is 2. The van der Waals surface area contributed by atoms with Crippen LogP contribution in [0, 0.1) is 13.8 Å². The monoisotopic (exact) mass is 187 g/mol. The Morgan fingerprint density at radius 1 is 1.33 bits per heavy atom. The van der Waals surface area contributed by atoms with Crippen molar-refractivity contribution in [2.75, 3.05) is 4.72 Å². The van der Waals surface area contributed by atoms with Crippen LogP contribution in [0.15, 0.2) is 6.07 Å². The fourth-order valence-electron chi connectivity index (χ4n) is 0.868. The van der Waals surface area contributed by atoms with Crippen LogP contribution in [-0.4, -0.2) is 18.4 Å². The standard InChI is InChI=1S/C6H9N3O2S/c1-4-3-6(9-12(10)11)8-5(2)7-4/h3,12H,1-2H3,(H,7,8,9,10,11). The molecule has 0 atom stereocenters. The van der Waals surface area contributed by atoms with Gasteiger partial charge in [-0.25, -0.2) is 18.4 Å². The quantitative estimate of drug-likeness (QED) is 0.641. The number of nitrogens with one attached hydrogen (secondary N) is 1. The zero-order chi connectivity index (χ0) is 9.14. The predicted octanol–water partition coefficient (Wildman–Crippen LogP) is 0.0317. The summed E-state index contributed by atoms with van der Waals surface area (Å²) < 4.78 is 22.7. The summed E-state index contributed by atoms with van der Waals surface area (Å²) in [4.78, 5) is 7.86. The minimum atomic E-state index is -2.64. The third-order valence-corrected chi connectivity index (χ3v) is 1.58. The minimum absolute atomic E-state index is 0.316. The van der Waals surface area contributed by atoms with Crippen LogP contribution in [-0.2, 0) is 10.9 Å². The molecule has 5 nitrogen and oxygen atoms in total. The van der Waals surface area contributed by atoms with E-state index in [-0.39, 0.29) is 0 Å². The van der Waals surface area contributed by atoms with E-state index >= 15 is 0 Å². The molecule has 0 bridgehead atoms. The van der Waals surface area contributed by atoms with Gasteiger partial charge in [-0.3, -0.25) is 4.72 Å². The van der Waals surface area contributed by atoms with Crippen molar-refractivity contribution in [3.63, 3.8) is 0 Å². The third kappa shape index (κ3) is 2.46. The molecule has 1 rings (SSSR count). The highest BCUT2D eigenvalue weighted by molar-refractivity contribution is 7.73. The van der Waals surface area contributed by atoms with E-state index in [2.05, 4.69) is 14.7 Å². The molecule has 1 aromatic heterocycles. The second kappa shape index (κ2) is 3.48. The van der Waals surface area contributed by atoms with Gasteiger partial charge < -0.3 is 0 Å². The van der Waals surface area contributed by atoms with Gasteiger partial charge in [0.05, 0.1) is 0 Å². The van der Waals surface area contributed by atoms with Crippen molar-refractivity contribution < 1.29 is 8.42 Å². The highest BCUT2D eigenvalue weighted by Crippen LogP contribution is 2.04. The number of anilines is 1. The van der Waals surface area contributed by atoms with E-state index in [0.717, 1.165) is 5.69 Å². The first-order valence-corrected chi connectivity index (χ1v) is 4.49. The lowest BCUT2D eigenvalue weighted by Crippen LogP contribution is -2.01. The highest BCUT2D eigenvalue weighted by Gasteiger charge is 1.97. The maximum Gasteiger partial charge on any atom is 0.223 e. The molecule has 1 aromatic rings. The molecule has 0 aliphatic rings. The number of aryl methyl sites for hydroxylation is 2. The van der Waals surface area contributed by atoms with Gasteiger partial charge >= 0.3 is 0 Å². The Labute approximate surface area is 71.9 Å². The fourth-order valence-corrected chi connectivity index (χ4v) is 1.17. The Morgan fingerprint density at radius 2 is 2.00 bits per heavy atom. The number of hydrogen-bond donors (Lipinski definition) is 2. The molecule has 66 valence electrons. The molecule has 0 fully saturated rings. The Kier molecular flexibility index (Phi) is 2.59. The van der Waals surface area contributed by atoms with Crippen LogP contribution < -0.4 is 4.72 Å². The summed E-state index contributed by atoms with van der Waals surface area (Å²) >= 11 is 0. The lowest BCUT2D eigenvalue weighted by atomic mass is 10.4. The Balaban J connectivity index is 3.00. The highest BCUT2D eigenvalue weighted by atomic mass is 32.2. The molecule has 0 aliphatic heterocycles. The summed E-state index contributed by atoms with van der Waals surface area (Å²) in [7, 11) is -2.64. The van der Waals surface area contributed by atoms with Crippen molar-refractivity contribution in [3.8, 4) is 0 Å². The number of thiol groups is 1. The van der Waals surface area contributed by atoms with Gasteiger partial charge in [-0.05, 0) is 13.8 Å². The summed E-state index contributed by atoms with van der Waals surface area (Å²) in [5.41, 5.74) is 0.738. The third-order valence-electron chi connectivity index (χ3n) is 1.17. The average Bonchev–Trinajstić information content (AvgIpc) is 1.81. The summed E-state index contributed by atoms with van der Waals surface area (Å²) in [6.07, 6.45) is 0. The van der Waals surface area contributed by atoms with E-state index in [4.69, 9.17) is 0 Å². The first-order chi connectivity index (χ1) is 5.58. The van der Waals surface area contributed by atoms with E-state index in [0.29, 0.717) is 11.6 Å². The summed E-state index contributed by atoms with van der Waals surface area (Å²) in [6, 6.07) is 1.57. The molecule has 0 spiro atoms. The van der Waals surface area contributed by atoms with Gasteiger partial charge in [-0.2, -0.15) is 0 Å². The molecule has 0 radical (unpaired) electrons. The van der Waals surface area contributed by atoms with Crippen LogP contribution >= 0.6 is 0 Å². The van der Waals surface area contributed by atoms with Gasteiger partial charge in [-0.15, -0.1) is 0 Å². The molecule has 1 heterocycles. The molecule has 0 saturated heterocycles. The molecule has 6 heteroatoms. The van der Waals surface area contributed by atoms with E-state index in [1.807, 2.05) is 0 Å². The molecular formula is C6H9N3O2S. The van der Waals surface area contributed by atoms with Crippen molar-refractivity contribution >= 4 is 16.7 Å². The van der Waals surface area contributed by atoms with E-state index in [1.54, 1.807) is 19.9 Å². The zero-order valence-corrected chi connectivity index (χ0v) is 7.63. The van der Waals surface area contributed by atoms with Crippen LogP contribution in [0.2, 0.25) is 0 Å². The van der Waals surface area contributed by atoms with Crippen LogP contribution in [0.3, 0.4) is 0 Å². The van der Waals surface area contributed by atoms with Gasteiger partial charge in [0.25, 0.3) is 0 Å². The molecular weight excluding hydrogens is 178 g/mol. The fraction of sp³-hybridized carbons (Fsp3) is 0.333. The van der Waals surface area contributed by atoms with Crippen LogP contribution in [0.1, 0.15) is 11.5 Å².